The molecule has 84 valence electrons. The van der Waals surface area contributed by atoms with Gasteiger partial charge in [0.1, 0.15) is 5.75 Å². The average Bonchev–Trinajstić information content (AvgIpc) is 2.16. The lowest BCUT2D eigenvalue weighted by molar-refractivity contribution is 0.240. The van der Waals surface area contributed by atoms with Crippen molar-refractivity contribution in [1.29, 1.82) is 0 Å². The lowest BCUT2D eigenvalue weighted by Gasteiger charge is -2.16. The van der Waals surface area contributed by atoms with Crippen molar-refractivity contribution in [3.8, 4) is 5.75 Å². The molecular formula is C14H22O. The molecule has 0 heterocycles. The smallest absolute Gasteiger partial charge is 0.123 e. The Hall–Kier alpha value is -0.980. The Morgan fingerprint density at radius 2 is 1.80 bits per heavy atom. The summed E-state index contributed by atoms with van der Waals surface area (Å²) in [7, 11) is 0. The quantitative estimate of drug-likeness (QED) is 0.718. The van der Waals surface area contributed by atoms with E-state index in [9.17, 15) is 0 Å². The third kappa shape index (κ3) is 3.26. The van der Waals surface area contributed by atoms with Crippen LogP contribution in [0.25, 0.3) is 0 Å². The molecule has 0 aromatic heterocycles. The number of rotatable bonds is 4. The van der Waals surface area contributed by atoms with Gasteiger partial charge in [0.2, 0.25) is 0 Å². The summed E-state index contributed by atoms with van der Waals surface area (Å²) in [4.78, 5) is 0. The van der Waals surface area contributed by atoms with Crippen molar-refractivity contribution in [2.45, 2.75) is 53.1 Å². The van der Waals surface area contributed by atoms with Crippen LogP contribution in [-0.2, 0) is 6.42 Å². The summed E-state index contributed by atoms with van der Waals surface area (Å²) < 4.78 is 5.83. The number of ether oxygens (including phenoxy) is 1. The van der Waals surface area contributed by atoms with E-state index in [2.05, 4.69) is 52.8 Å². The van der Waals surface area contributed by atoms with E-state index in [1.807, 2.05) is 0 Å². The first-order chi connectivity index (χ1) is 7.04. The third-order valence-corrected chi connectivity index (χ3v) is 2.50. The summed E-state index contributed by atoms with van der Waals surface area (Å²) in [6, 6.07) is 6.58. The Kier molecular flexibility index (Phi) is 4.19. The first-order valence-electron chi connectivity index (χ1n) is 5.84. The van der Waals surface area contributed by atoms with E-state index in [1.165, 1.54) is 11.1 Å². The van der Waals surface area contributed by atoms with Crippen LogP contribution in [0.5, 0.6) is 5.75 Å². The third-order valence-electron chi connectivity index (χ3n) is 2.50. The molecular weight excluding hydrogens is 184 g/mol. The molecule has 0 amide bonds. The lowest BCUT2D eigenvalue weighted by atomic mass is 10.00. The molecule has 0 atom stereocenters. The molecule has 0 aliphatic heterocycles. The SMILES string of the molecule is CCc1ccc(C(C)C)cc1OC(C)C. The van der Waals surface area contributed by atoms with Crippen LogP contribution in [0.3, 0.4) is 0 Å². The van der Waals surface area contributed by atoms with Crippen molar-refractivity contribution in [3.63, 3.8) is 0 Å². The molecule has 1 heteroatoms. The van der Waals surface area contributed by atoms with Gasteiger partial charge in [0, 0.05) is 0 Å². The van der Waals surface area contributed by atoms with Gasteiger partial charge in [0.25, 0.3) is 0 Å². The second-order valence-corrected chi connectivity index (χ2v) is 4.54. The molecule has 0 saturated heterocycles. The summed E-state index contributed by atoms with van der Waals surface area (Å²) in [5, 5.41) is 0. The highest BCUT2D eigenvalue weighted by Gasteiger charge is 2.07. The minimum absolute atomic E-state index is 0.248. The van der Waals surface area contributed by atoms with Crippen molar-refractivity contribution in [3.05, 3.63) is 29.3 Å². The predicted molar refractivity (Wildman–Crippen MR) is 65.7 cm³/mol. The fraction of sp³-hybridized carbons (Fsp3) is 0.571. The Balaban J connectivity index is 3.02. The van der Waals surface area contributed by atoms with E-state index in [-0.39, 0.29) is 6.10 Å². The topological polar surface area (TPSA) is 9.23 Å². The highest BCUT2D eigenvalue weighted by atomic mass is 16.5. The van der Waals surface area contributed by atoms with Crippen LogP contribution in [0.2, 0.25) is 0 Å². The van der Waals surface area contributed by atoms with E-state index in [1.54, 1.807) is 0 Å². The Morgan fingerprint density at radius 3 is 2.27 bits per heavy atom. The molecule has 0 N–H and O–H groups in total. The number of aryl methyl sites for hydroxylation is 1. The van der Waals surface area contributed by atoms with E-state index >= 15 is 0 Å². The summed E-state index contributed by atoms with van der Waals surface area (Å²) in [6.45, 7) is 10.7. The fourth-order valence-corrected chi connectivity index (χ4v) is 1.59. The van der Waals surface area contributed by atoms with Crippen molar-refractivity contribution in [2.75, 3.05) is 0 Å². The Labute approximate surface area is 93.5 Å². The van der Waals surface area contributed by atoms with Gasteiger partial charge in [-0.25, -0.2) is 0 Å². The summed E-state index contributed by atoms with van der Waals surface area (Å²) in [6.07, 6.45) is 1.28. The van der Waals surface area contributed by atoms with Crippen molar-refractivity contribution in [1.82, 2.24) is 0 Å². The zero-order chi connectivity index (χ0) is 11.4. The van der Waals surface area contributed by atoms with Gasteiger partial charge in [-0.3, -0.25) is 0 Å². The molecule has 1 rings (SSSR count). The van der Waals surface area contributed by atoms with Gasteiger partial charge >= 0.3 is 0 Å². The molecule has 0 spiro atoms. The molecule has 1 aromatic carbocycles. The number of hydrogen-bond acceptors (Lipinski definition) is 1. The van der Waals surface area contributed by atoms with Gasteiger partial charge in [0.05, 0.1) is 6.10 Å². The highest BCUT2D eigenvalue weighted by molar-refractivity contribution is 5.38. The minimum Gasteiger partial charge on any atom is -0.491 e. The van der Waals surface area contributed by atoms with Crippen LogP contribution in [0.15, 0.2) is 18.2 Å². The van der Waals surface area contributed by atoms with Crippen LogP contribution in [-0.4, -0.2) is 6.10 Å². The number of benzene rings is 1. The van der Waals surface area contributed by atoms with Crippen LogP contribution >= 0.6 is 0 Å². The molecule has 0 unspecified atom stereocenters. The zero-order valence-electron chi connectivity index (χ0n) is 10.5. The van der Waals surface area contributed by atoms with E-state index in [0.29, 0.717) is 5.92 Å². The first kappa shape index (κ1) is 12.1. The maximum Gasteiger partial charge on any atom is 0.123 e. The van der Waals surface area contributed by atoms with Crippen molar-refractivity contribution in [2.24, 2.45) is 0 Å². The first-order valence-corrected chi connectivity index (χ1v) is 5.84. The largest absolute Gasteiger partial charge is 0.491 e. The standard InChI is InChI=1S/C14H22O/c1-6-12-7-8-13(10(2)3)9-14(12)15-11(4)5/h7-11H,6H2,1-5H3. The van der Waals surface area contributed by atoms with Gasteiger partial charge in [0.15, 0.2) is 0 Å². The lowest BCUT2D eigenvalue weighted by Crippen LogP contribution is -2.08. The van der Waals surface area contributed by atoms with E-state index in [4.69, 9.17) is 4.74 Å². The molecule has 0 saturated carbocycles. The van der Waals surface area contributed by atoms with Gasteiger partial charge in [-0.1, -0.05) is 32.9 Å². The van der Waals surface area contributed by atoms with Gasteiger partial charge in [-0.05, 0) is 43.4 Å². The summed E-state index contributed by atoms with van der Waals surface area (Å²) >= 11 is 0. The second-order valence-electron chi connectivity index (χ2n) is 4.54. The predicted octanol–water partition coefficient (Wildman–Crippen LogP) is 4.16. The second kappa shape index (κ2) is 5.20. The molecule has 15 heavy (non-hydrogen) atoms. The van der Waals surface area contributed by atoms with Crippen LogP contribution < -0.4 is 4.74 Å². The van der Waals surface area contributed by atoms with Crippen molar-refractivity contribution < 1.29 is 4.74 Å². The molecule has 0 aliphatic rings. The number of hydrogen-bond donors (Lipinski definition) is 0. The van der Waals surface area contributed by atoms with Gasteiger partial charge in [-0.15, -0.1) is 0 Å². The molecule has 0 fully saturated rings. The monoisotopic (exact) mass is 206 g/mol. The maximum atomic E-state index is 5.83. The molecule has 0 bridgehead atoms. The van der Waals surface area contributed by atoms with E-state index in [0.717, 1.165) is 12.2 Å². The molecule has 1 aromatic rings. The average molecular weight is 206 g/mol. The Morgan fingerprint density at radius 1 is 1.13 bits per heavy atom. The van der Waals surface area contributed by atoms with Crippen molar-refractivity contribution >= 4 is 0 Å². The van der Waals surface area contributed by atoms with Gasteiger partial charge < -0.3 is 4.74 Å². The Bertz CT molecular complexity index is 313. The molecule has 0 aliphatic carbocycles. The molecule has 1 nitrogen and oxygen atoms in total. The normalized spacial score (nSPS) is 11.1. The highest BCUT2D eigenvalue weighted by Crippen LogP contribution is 2.26. The fourth-order valence-electron chi connectivity index (χ4n) is 1.59. The summed E-state index contributed by atoms with van der Waals surface area (Å²) in [5.41, 5.74) is 2.65. The molecule has 0 radical (unpaired) electrons. The van der Waals surface area contributed by atoms with Gasteiger partial charge in [-0.2, -0.15) is 0 Å². The minimum atomic E-state index is 0.248. The summed E-state index contributed by atoms with van der Waals surface area (Å²) in [5.74, 6) is 1.61. The van der Waals surface area contributed by atoms with Crippen LogP contribution in [0.4, 0.5) is 0 Å². The maximum absolute atomic E-state index is 5.83. The zero-order valence-corrected chi connectivity index (χ0v) is 10.5. The van der Waals surface area contributed by atoms with Crippen LogP contribution in [0, 0.1) is 0 Å². The van der Waals surface area contributed by atoms with E-state index < -0.39 is 0 Å². The van der Waals surface area contributed by atoms with Crippen LogP contribution in [0.1, 0.15) is 51.7 Å².